The largest absolute Gasteiger partial charge is 0.494 e. The summed E-state index contributed by atoms with van der Waals surface area (Å²) in [6, 6.07) is 7.29. The lowest BCUT2D eigenvalue weighted by molar-refractivity contribution is -0.136. The molecule has 0 spiro atoms. The minimum Gasteiger partial charge on any atom is -0.494 e. The SMILES string of the molecule is CCOc1ccc(NC(=O)[C@@](C)(CC)OC)cc1. The molecule has 4 heteroatoms. The number of ether oxygens (including phenoxy) is 2. The van der Waals surface area contributed by atoms with Crippen molar-refractivity contribution < 1.29 is 14.3 Å². The van der Waals surface area contributed by atoms with Gasteiger partial charge in [0.25, 0.3) is 5.91 Å². The van der Waals surface area contributed by atoms with Crippen molar-refractivity contribution in [3.8, 4) is 5.75 Å². The Balaban J connectivity index is 2.70. The number of carbonyl (C=O) groups excluding carboxylic acids is 1. The molecule has 0 aliphatic carbocycles. The average Bonchev–Trinajstić information content (AvgIpc) is 2.40. The maximum Gasteiger partial charge on any atom is 0.256 e. The normalized spacial score (nSPS) is 13.8. The second-order valence-electron chi connectivity index (χ2n) is 4.20. The quantitative estimate of drug-likeness (QED) is 0.845. The molecule has 0 aliphatic rings. The number of methoxy groups -OCH3 is 1. The topological polar surface area (TPSA) is 47.6 Å². The predicted molar refractivity (Wildman–Crippen MR) is 71.9 cm³/mol. The number of carbonyl (C=O) groups is 1. The molecule has 0 saturated carbocycles. The van der Waals surface area contributed by atoms with Crippen LogP contribution in [-0.2, 0) is 9.53 Å². The number of nitrogens with one attached hydrogen (secondary N) is 1. The molecule has 100 valence electrons. The Kier molecular flexibility index (Phi) is 5.16. The summed E-state index contributed by atoms with van der Waals surface area (Å²) in [4.78, 5) is 12.0. The first-order valence-electron chi connectivity index (χ1n) is 6.15. The second kappa shape index (κ2) is 6.40. The molecule has 1 rings (SSSR count). The van der Waals surface area contributed by atoms with Crippen LogP contribution in [0.2, 0.25) is 0 Å². The van der Waals surface area contributed by atoms with Crippen molar-refractivity contribution >= 4 is 11.6 Å². The van der Waals surface area contributed by atoms with Gasteiger partial charge in [0.1, 0.15) is 11.4 Å². The third kappa shape index (κ3) is 3.47. The van der Waals surface area contributed by atoms with Crippen LogP contribution in [0.25, 0.3) is 0 Å². The van der Waals surface area contributed by atoms with E-state index in [9.17, 15) is 4.79 Å². The Morgan fingerprint density at radius 1 is 1.28 bits per heavy atom. The highest BCUT2D eigenvalue weighted by atomic mass is 16.5. The highest BCUT2D eigenvalue weighted by Crippen LogP contribution is 2.20. The van der Waals surface area contributed by atoms with Crippen LogP contribution in [0.15, 0.2) is 24.3 Å². The fraction of sp³-hybridized carbons (Fsp3) is 0.500. The van der Waals surface area contributed by atoms with Gasteiger partial charge in [0.05, 0.1) is 6.61 Å². The summed E-state index contributed by atoms with van der Waals surface area (Å²) < 4.78 is 10.6. The maximum absolute atomic E-state index is 12.0. The minimum absolute atomic E-state index is 0.142. The van der Waals surface area contributed by atoms with Gasteiger partial charge >= 0.3 is 0 Å². The molecule has 0 unspecified atom stereocenters. The zero-order valence-electron chi connectivity index (χ0n) is 11.4. The predicted octanol–water partition coefficient (Wildman–Crippen LogP) is 2.84. The highest BCUT2D eigenvalue weighted by molar-refractivity contribution is 5.97. The van der Waals surface area contributed by atoms with Gasteiger partial charge in [-0.1, -0.05) is 6.92 Å². The van der Waals surface area contributed by atoms with Crippen LogP contribution in [0.1, 0.15) is 27.2 Å². The first kappa shape index (κ1) is 14.5. The molecule has 18 heavy (non-hydrogen) atoms. The van der Waals surface area contributed by atoms with Crippen molar-refractivity contribution in [1.29, 1.82) is 0 Å². The van der Waals surface area contributed by atoms with Crippen LogP contribution >= 0.6 is 0 Å². The van der Waals surface area contributed by atoms with E-state index in [1.807, 2.05) is 38.1 Å². The van der Waals surface area contributed by atoms with E-state index < -0.39 is 5.60 Å². The summed E-state index contributed by atoms with van der Waals surface area (Å²) in [5.74, 6) is 0.650. The monoisotopic (exact) mass is 251 g/mol. The van der Waals surface area contributed by atoms with Crippen LogP contribution < -0.4 is 10.1 Å². The standard InChI is InChI=1S/C14H21NO3/c1-5-14(3,17-4)13(16)15-11-7-9-12(10-8-11)18-6-2/h7-10H,5-6H2,1-4H3,(H,15,16)/t14-/m1/s1. The maximum atomic E-state index is 12.0. The number of anilines is 1. The summed E-state index contributed by atoms with van der Waals surface area (Å²) >= 11 is 0. The number of rotatable bonds is 6. The Hall–Kier alpha value is -1.55. The Bertz CT molecular complexity index is 383. The van der Waals surface area contributed by atoms with Gasteiger partial charge in [0.15, 0.2) is 0 Å². The molecule has 1 amide bonds. The molecule has 0 heterocycles. The van der Waals surface area contributed by atoms with Gasteiger partial charge in [0.2, 0.25) is 0 Å². The fourth-order valence-electron chi connectivity index (χ4n) is 1.46. The molecule has 1 atom stereocenters. The van der Waals surface area contributed by atoms with Gasteiger partial charge in [-0.3, -0.25) is 4.79 Å². The molecule has 0 bridgehead atoms. The third-order valence-electron chi connectivity index (χ3n) is 3.03. The van der Waals surface area contributed by atoms with Gasteiger partial charge in [-0.15, -0.1) is 0 Å². The van der Waals surface area contributed by atoms with Crippen molar-refractivity contribution in [2.75, 3.05) is 19.0 Å². The van der Waals surface area contributed by atoms with E-state index >= 15 is 0 Å². The lowest BCUT2D eigenvalue weighted by Gasteiger charge is -2.25. The molecule has 0 aromatic heterocycles. The summed E-state index contributed by atoms with van der Waals surface area (Å²) in [6.45, 7) is 6.25. The third-order valence-corrected chi connectivity index (χ3v) is 3.03. The van der Waals surface area contributed by atoms with Crippen molar-refractivity contribution in [2.24, 2.45) is 0 Å². The molecule has 1 aromatic rings. The summed E-state index contributed by atoms with van der Waals surface area (Å²) in [6.07, 6.45) is 0.617. The van der Waals surface area contributed by atoms with Crippen molar-refractivity contribution in [3.63, 3.8) is 0 Å². The van der Waals surface area contributed by atoms with E-state index in [2.05, 4.69) is 5.32 Å². The molecule has 1 aromatic carbocycles. The van der Waals surface area contributed by atoms with Gasteiger partial charge < -0.3 is 14.8 Å². The zero-order chi connectivity index (χ0) is 13.6. The molecule has 0 radical (unpaired) electrons. The summed E-state index contributed by atoms with van der Waals surface area (Å²) in [5, 5.41) is 2.83. The lowest BCUT2D eigenvalue weighted by atomic mass is 10.0. The van der Waals surface area contributed by atoms with E-state index in [0.29, 0.717) is 13.0 Å². The van der Waals surface area contributed by atoms with Gasteiger partial charge in [-0.05, 0) is 44.5 Å². The molecular weight excluding hydrogens is 230 g/mol. The number of benzene rings is 1. The number of amides is 1. The number of hydrogen-bond donors (Lipinski definition) is 1. The molecule has 0 aliphatic heterocycles. The van der Waals surface area contributed by atoms with Crippen LogP contribution in [0, 0.1) is 0 Å². The van der Waals surface area contributed by atoms with Crippen molar-refractivity contribution in [2.45, 2.75) is 32.8 Å². The Morgan fingerprint density at radius 2 is 1.89 bits per heavy atom. The van der Waals surface area contributed by atoms with Crippen LogP contribution in [0.3, 0.4) is 0 Å². The van der Waals surface area contributed by atoms with E-state index in [-0.39, 0.29) is 5.91 Å². The van der Waals surface area contributed by atoms with Crippen LogP contribution in [-0.4, -0.2) is 25.2 Å². The number of hydrogen-bond acceptors (Lipinski definition) is 3. The van der Waals surface area contributed by atoms with Gasteiger partial charge in [-0.2, -0.15) is 0 Å². The Morgan fingerprint density at radius 3 is 2.33 bits per heavy atom. The van der Waals surface area contributed by atoms with Crippen molar-refractivity contribution in [1.82, 2.24) is 0 Å². The lowest BCUT2D eigenvalue weighted by Crippen LogP contribution is -2.41. The summed E-state index contributed by atoms with van der Waals surface area (Å²) in [7, 11) is 1.54. The second-order valence-corrected chi connectivity index (χ2v) is 4.20. The molecule has 0 saturated heterocycles. The molecule has 1 N–H and O–H groups in total. The van der Waals surface area contributed by atoms with E-state index in [4.69, 9.17) is 9.47 Å². The zero-order valence-corrected chi connectivity index (χ0v) is 11.4. The minimum atomic E-state index is -0.793. The smallest absolute Gasteiger partial charge is 0.256 e. The van der Waals surface area contributed by atoms with Gasteiger partial charge in [0, 0.05) is 12.8 Å². The van der Waals surface area contributed by atoms with Gasteiger partial charge in [-0.25, -0.2) is 0 Å². The van der Waals surface area contributed by atoms with E-state index in [1.165, 1.54) is 0 Å². The van der Waals surface area contributed by atoms with Crippen LogP contribution in [0.5, 0.6) is 5.75 Å². The van der Waals surface area contributed by atoms with E-state index in [1.54, 1.807) is 14.0 Å². The van der Waals surface area contributed by atoms with Crippen LogP contribution in [0.4, 0.5) is 5.69 Å². The van der Waals surface area contributed by atoms with Crippen molar-refractivity contribution in [3.05, 3.63) is 24.3 Å². The summed E-state index contributed by atoms with van der Waals surface area (Å²) in [5.41, 5.74) is -0.0568. The Labute approximate surface area is 108 Å². The molecular formula is C14H21NO3. The molecule has 4 nitrogen and oxygen atoms in total. The average molecular weight is 251 g/mol. The first-order valence-corrected chi connectivity index (χ1v) is 6.15. The first-order chi connectivity index (χ1) is 8.55. The van der Waals surface area contributed by atoms with E-state index in [0.717, 1.165) is 11.4 Å². The highest BCUT2D eigenvalue weighted by Gasteiger charge is 2.30. The molecule has 0 fully saturated rings. The fourth-order valence-corrected chi connectivity index (χ4v) is 1.46.